The molecule has 0 aliphatic heterocycles. The topological polar surface area (TPSA) is 125 Å². The molecule has 0 saturated heterocycles. The normalized spacial score (nSPS) is 10.9. The average molecular weight is 448 g/mol. The number of halogens is 1. The molecule has 0 spiro atoms. The van der Waals surface area contributed by atoms with E-state index in [4.69, 9.17) is 11.6 Å². The van der Waals surface area contributed by atoms with Gasteiger partial charge in [-0.15, -0.1) is 11.3 Å². The SMILES string of the molecule is COC(=O)c1cc(NS(=O)(=O)c2cc(Cl)sc2C(=O)OC)cc(C(=O)OC)c1. The summed E-state index contributed by atoms with van der Waals surface area (Å²) in [4.78, 5) is 34.8. The number of rotatable bonds is 6. The lowest BCUT2D eigenvalue weighted by Gasteiger charge is -2.11. The van der Waals surface area contributed by atoms with Crippen LogP contribution < -0.4 is 4.72 Å². The van der Waals surface area contributed by atoms with Crippen LogP contribution in [-0.4, -0.2) is 47.7 Å². The first-order valence-corrected chi connectivity index (χ1v) is 10.0. The first-order chi connectivity index (χ1) is 13.1. The van der Waals surface area contributed by atoms with Crippen molar-refractivity contribution < 1.29 is 37.0 Å². The van der Waals surface area contributed by atoms with Crippen LogP contribution in [0.25, 0.3) is 0 Å². The molecule has 0 fully saturated rings. The van der Waals surface area contributed by atoms with Gasteiger partial charge in [0.25, 0.3) is 10.0 Å². The second-order valence-corrected chi connectivity index (χ2v) is 8.46. The first-order valence-electron chi connectivity index (χ1n) is 7.35. The summed E-state index contributed by atoms with van der Waals surface area (Å²) >= 11 is 6.57. The highest BCUT2D eigenvalue weighted by molar-refractivity contribution is 7.93. The first kappa shape index (κ1) is 21.7. The molecule has 12 heteroatoms. The summed E-state index contributed by atoms with van der Waals surface area (Å²) in [6.45, 7) is 0. The molecule has 0 bridgehead atoms. The Kier molecular flexibility index (Phi) is 6.65. The molecule has 1 heterocycles. The number of ether oxygens (including phenoxy) is 3. The third kappa shape index (κ3) is 4.61. The van der Waals surface area contributed by atoms with Crippen molar-refractivity contribution in [2.75, 3.05) is 26.1 Å². The Hall–Kier alpha value is -2.63. The monoisotopic (exact) mass is 447 g/mol. The van der Waals surface area contributed by atoms with Crippen molar-refractivity contribution in [1.29, 1.82) is 0 Å². The molecule has 0 atom stereocenters. The Morgan fingerprint density at radius 1 is 0.893 bits per heavy atom. The maximum atomic E-state index is 12.8. The summed E-state index contributed by atoms with van der Waals surface area (Å²) in [5.41, 5.74) is -0.291. The number of nitrogens with one attached hydrogen (secondary N) is 1. The van der Waals surface area contributed by atoms with Gasteiger partial charge >= 0.3 is 17.9 Å². The van der Waals surface area contributed by atoms with Gasteiger partial charge < -0.3 is 14.2 Å². The largest absolute Gasteiger partial charge is 0.465 e. The van der Waals surface area contributed by atoms with Crippen molar-refractivity contribution in [3.8, 4) is 0 Å². The van der Waals surface area contributed by atoms with E-state index in [1.54, 1.807) is 0 Å². The number of benzene rings is 1. The standard InChI is InChI=1S/C16H14ClNO8S2/c1-24-14(19)8-4-9(15(20)25-2)6-10(5-8)18-28(22,23)11-7-12(17)27-13(11)16(21)26-3/h4-7,18H,1-3H3. The Labute approximate surface area is 169 Å². The van der Waals surface area contributed by atoms with E-state index >= 15 is 0 Å². The molecule has 0 radical (unpaired) electrons. The second-order valence-electron chi connectivity index (χ2n) is 5.12. The summed E-state index contributed by atoms with van der Waals surface area (Å²) < 4.78 is 41.5. The van der Waals surface area contributed by atoms with Crippen molar-refractivity contribution in [2.24, 2.45) is 0 Å². The lowest BCUT2D eigenvalue weighted by atomic mass is 10.1. The van der Waals surface area contributed by atoms with Gasteiger partial charge in [0.05, 0.1) is 42.5 Å². The fourth-order valence-corrected chi connectivity index (χ4v) is 4.92. The molecule has 150 valence electrons. The van der Waals surface area contributed by atoms with Crippen molar-refractivity contribution in [3.63, 3.8) is 0 Å². The Balaban J connectivity index is 2.53. The Morgan fingerprint density at radius 2 is 1.39 bits per heavy atom. The molecule has 9 nitrogen and oxygen atoms in total. The highest BCUT2D eigenvalue weighted by Gasteiger charge is 2.27. The minimum Gasteiger partial charge on any atom is -0.465 e. The summed E-state index contributed by atoms with van der Waals surface area (Å²) in [5.74, 6) is -2.46. The molecule has 0 saturated carbocycles. The van der Waals surface area contributed by atoms with Crippen molar-refractivity contribution in [1.82, 2.24) is 0 Å². The van der Waals surface area contributed by atoms with E-state index in [0.29, 0.717) is 0 Å². The molecule has 2 aromatic rings. The van der Waals surface area contributed by atoms with Gasteiger partial charge in [-0.25, -0.2) is 22.8 Å². The van der Waals surface area contributed by atoms with E-state index in [1.165, 1.54) is 18.2 Å². The van der Waals surface area contributed by atoms with Crippen molar-refractivity contribution in [2.45, 2.75) is 4.90 Å². The lowest BCUT2D eigenvalue weighted by Crippen LogP contribution is -2.17. The van der Waals surface area contributed by atoms with Crippen LogP contribution in [0.2, 0.25) is 4.34 Å². The molecule has 1 aromatic carbocycles. The van der Waals surface area contributed by atoms with Gasteiger partial charge in [-0.05, 0) is 24.3 Å². The molecule has 28 heavy (non-hydrogen) atoms. The average Bonchev–Trinajstić information content (AvgIpc) is 3.08. The number of hydrogen-bond donors (Lipinski definition) is 1. The van der Waals surface area contributed by atoms with Gasteiger partial charge in [0, 0.05) is 0 Å². The van der Waals surface area contributed by atoms with Gasteiger partial charge in [-0.3, -0.25) is 4.72 Å². The molecule has 0 unspecified atom stereocenters. The molecule has 0 aliphatic rings. The van der Waals surface area contributed by atoms with Crippen molar-refractivity contribution >= 4 is 56.6 Å². The minimum atomic E-state index is -4.31. The lowest BCUT2D eigenvalue weighted by molar-refractivity contribution is 0.0588. The number of methoxy groups -OCH3 is 3. The van der Waals surface area contributed by atoms with Crippen LogP contribution in [-0.2, 0) is 24.2 Å². The highest BCUT2D eigenvalue weighted by atomic mass is 35.5. The van der Waals surface area contributed by atoms with E-state index in [0.717, 1.165) is 38.7 Å². The van der Waals surface area contributed by atoms with E-state index < -0.39 is 32.8 Å². The van der Waals surface area contributed by atoms with E-state index in [-0.39, 0.29) is 26.0 Å². The van der Waals surface area contributed by atoms with Crippen LogP contribution >= 0.6 is 22.9 Å². The maximum absolute atomic E-state index is 12.8. The molecular weight excluding hydrogens is 434 g/mol. The highest BCUT2D eigenvalue weighted by Crippen LogP contribution is 2.32. The van der Waals surface area contributed by atoms with Gasteiger partial charge in [-0.1, -0.05) is 11.6 Å². The third-order valence-corrected chi connectivity index (χ3v) is 6.13. The van der Waals surface area contributed by atoms with Crippen LogP contribution in [0.5, 0.6) is 0 Å². The zero-order chi connectivity index (χ0) is 21.1. The van der Waals surface area contributed by atoms with Crippen LogP contribution in [0.1, 0.15) is 30.4 Å². The third-order valence-electron chi connectivity index (χ3n) is 3.36. The van der Waals surface area contributed by atoms with Gasteiger partial charge in [0.2, 0.25) is 0 Å². The number of thiophene rings is 1. The number of carbonyl (C=O) groups is 3. The summed E-state index contributed by atoms with van der Waals surface area (Å²) in [6, 6.07) is 4.62. The van der Waals surface area contributed by atoms with Gasteiger partial charge in [-0.2, -0.15) is 0 Å². The van der Waals surface area contributed by atoms with Gasteiger partial charge in [0.15, 0.2) is 0 Å². The fraction of sp³-hybridized carbons (Fsp3) is 0.188. The molecular formula is C16H14ClNO8S2. The molecule has 0 aliphatic carbocycles. The predicted octanol–water partition coefficient (Wildman–Crippen LogP) is 2.56. The molecule has 0 amide bonds. The van der Waals surface area contributed by atoms with E-state index in [2.05, 4.69) is 18.9 Å². The van der Waals surface area contributed by atoms with E-state index in [9.17, 15) is 22.8 Å². The fourth-order valence-electron chi connectivity index (χ4n) is 2.15. The molecule has 1 N–H and O–H groups in total. The van der Waals surface area contributed by atoms with Crippen LogP contribution in [0.3, 0.4) is 0 Å². The molecule has 1 aromatic heterocycles. The zero-order valence-corrected chi connectivity index (χ0v) is 17.2. The number of hydrogen-bond acceptors (Lipinski definition) is 9. The Bertz CT molecular complexity index is 1010. The van der Waals surface area contributed by atoms with Crippen LogP contribution in [0.4, 0.5) is 5.69 Å². The summed E-state index contributed by atoms with van der Waals surface area (Å²) in [7, 11) is -0.942. The van der Waals surface area contributed by atoms with Crippen LogP contribution in [0.15, 0.2) is 29.2 Å². The second kappa shape index (κ2) is 8.59. The minimum absolute atomic E-state index is 0.0549. The summed E-state index contributed by atoms with van der Waals surface area (Å²) in [6.07, 6.45) is 0. The number of anilines is 1. The smallest absolute Gasteiger partial charge is 0.349 e. The van der Waals surface area contributed by atoms with Crippen LogP contribution in [0, 0.1) is 0 Å². The van der Waals surface area contributed by atoms with E-state index in [1.807, 2.05) is 0 Å². The van der Waals surface area contributed by atoms with Gasteiger partial charge in [0.1, 0.15) is 9.77 Å². The number of carbonyl (C=O) groups excluding carboxylic acids is 3. The summed E-state index contributed by atoms with van der Waals surface area (Å²) in [5, 5.41) is 0. The Morgan fingerprint density at radius 3 is 1.86 bits per heavy atom. The quantitative estimate of drug-likeness (QED) is 0.529. The maximum Gasteiger partial charge on any atom is 0.349 e. The predicted molar refractivity (Wildman–Crippen MR) is 101 cm³/mol. The zero-order valence-electron chi connectivity index (χ0n) is 14.8. The molecule has 2 rings (SSSR count). The number of sulfonamides is 1. The number of esters is 3. The van der Waals surface area contributed by atoms with Crippen molar-refractivity contribution in [3.05, 3.63) is 44.6 Å².